The Labute approximate surface area is 114 Å². The van der Waals surface area contributed by atoms with E-state index in [-0.39, 0.29) is 11.8 Å². The molecule has 0 spiro atoms. The normalized spacial score (nSPS) is 19.6. The molecule has 6 heteroatoms. The van der Waals surface area contributed by atoms with Crippen LogP contribution in [0.1, 0.15) is 17.3 Å². The Morgan fingerprint density at radius 3 is 2.75 bits per heavy atom. The predicted molar refractivity (Wildman–Crippen MR) is 72.4 cm³/mol. The number of hydrogen-bond acceptors (Lipinski definition) is 2. The van der Waals surface area contributed by atoms with E-state index in [0.29, 0.717) is 11.3 Å². The van der Waals surface area contributed by atoms with Crippen molar-refractivity contribution in [2.45, 2.75) is 13.0 Å². The SMILES string of the molecule is CC1NC(=O)c2cc(Br)cc(I)c2NC1=O. The summed E-state index contributed by atoms with van der Waals surface area (Å²) in [5.74, 6) is -0.438. The van der Waals surface area contributed by atoms with Crippen LogP contribution in [0.5, 0.6) is 0 Å². The maximum atomic E-state index is 11.8. The summed E-state index contributed by atoms with van der Waals surface area (Å²) in [4.78, 5) is 23.5. The standard InChI is InChI=1S/C10H8BrIN2O2/c1-4-9(15)14-8-6(10(16)13-4)2-5(11)3-7(8)12/h2-4H,1H3,(H,13,16)(H,14,15). The third kappa shape index (κ3) is 2.08. The molecule has 0 aromatic heterocycles. The maximum absolute atomic E-state index is 11.8. The van der Waals surface area contributed by atoms with Crippen molar-refractivity contribution >= 4 is 56.0 Å². The minimum Gasteiger partial charge on any atom is -0.340 e. The van der Waals surface area contributed by atoms with E-state index in [2.05, 4.69) is 49.2 Å². The zero-order valence-electron chi connectivity index (χ0n) is 8.30. The second kappa shape index (κ2) is 4.33. The van der Waals surface area contributed by atoms with Crippen LogP contribution >= 0.6 is 38.5 Å². The highest BCUT2D eigenvalue weighted by atomic mass is 127. The number of hydrogen-bond donors (Lipinski definition) is 2. The van der Waals surface area contributed by atoms with Gasteiger partial charge in [0.2, 0.25) is 5.91 Å². The van der Waals surface area contributed by atoms with Gasteiger partial charge in [0.05, 0.1) is 11.3 Å². The van der Waals surface area contributed by atoms with E-state index in [1.165, 1.54) is 0 Å². The smallest absolute Gasteiger partial charge is 0.254 e. The highest BCUT2D eigenvalue weighted by Crippen LogP contribution is 2.29. The molecule has 1 heterocycles. The van der Waals surface area contributed by atoms with Gasteiger partial charge in [0.15, 0.2) is 0 Å². The molecule has 0 aliphatic carbocycles. The van der Waals surface area contributed by atoms with Crippen LogP contribution in [0.25, 0.3) is 0 Å². The third-order valence-corrected chi connectivity index (χ3v) is 3.60. The first-order valence-electron chi connectivity index (χ1n) is 4.60. The number of anilines is 1. The Bertz CT molecular complexity index is 490. The molecule has 1 atom stereocenters. The summed E-state index contributed by atoms with van der Waals surface area (Å²) in [6, 6.07) is 3.03. The molecule has 0 saturated carbocycles. The van der Waals surface area contributed by atoms with E-state index in [1.807, 2.05) is 6.07 Å². The topological polar surface area (TPSA) is 58.2 Å². The second-order valence-corrected chi connectivity index (χ2v) is 5.57. The van der Waals surface area contributed by atoms with E-state index >= 15 is 0 Å². The van der Waals surface area contributed by atoms with Crippen LogP contribution < -0.4 is 10.6 Å². The largest absolute Gasteiger partial charge is 0.340 e. The number of nitrogens with one attached hydrogen (secondary N) is 2. The molecule has 1 unspecified atom stereocenters. The van der Waals surface area contributed by atoms with Crippen LogP contribution in [0.3, 0.4) is 0 Å². The molecule has 16 heavy (non-hydrogen) atoms. The highest BCUT2D eigenvalue weighted by molar-refractivity contribution is 14.1. The molecule has 0 bridgehead atoms. The molecule has 4 nitrogen and oxygen atoms in total. The van der Waals surface area contributed by atoms with Crippen molar-refractivity contribution in [3.63, 3.8) is 0 Å². The molecule has 0 saturated heterocycles. The molecule has 2 amide bonds. The monoisotopic (exact) mass is 394 g/mol. The second-order valence-electron chi connectivity index (χ2n) is 3.49. The summed E-state index contributed by atoms with van der Waals surface area (Å²) in [6.45, 7) is 1.65. The Morgan fingerprint density at radius 2 is 2.06 bits per heavy atom. The Morgan fingerprint density at radius 1 is 1.38 bits per heavy atom. The van der Waals surface area contributed by atoms with Crippen molar-refractivity contribution in [1.29, 1.82) is 0 Å². The lowest BCUT2D eigenvalue weighted by molar-refractivity contribution is -0.117. The predicted octanol–water partition coefficient (Wildman–Crippen LogP) is 2.12. The van der Waals surface area contributed by atoms with Crippen LogP contribution in [-0.4, -0.2) is 17.9 Å². The van der Waals surface area contributed by atoms with Crippen molar-refractivity contribution in [2.24, 2.45) is 0 Å². The van der Waals surface area contributed by atoms with Crippen molar-refractivity contribution in [1.82, 2.24) is 5.32 Å². The number of rotatable bonds is 0. The molecule has 0 radical (unpaired) electrons. The van der Waals surface area contributed by atoms with Gasteiger partial charge in [-0.25, -0.2) is 0 Å². The quantitative estimate of drug-likeness (QED) is 0.662. The molecule has 0 fully saturated rings. The zero-order valence-corrected chi connectivity index (χ0v) is 12.0. The zero-order chi connectivity index (χ0) is 11.9. The van der Waals surface area contributed by atoms with Crippen LogP contribution in [0.4, 0.5) is 5.69 Å². The summed E-state index contributed by atoms with van der Waals surface area (Å²) < 4.78 is 1.65. The van der Waals surface area contributed by atoms with Crippen molar-refractivity contribution in [3.05, 3.63) is 25.7 Å². The third-order valence-electron chi connectivity index (χ3n) is 2.29. The van der Waals surface area contributed by atoms with Crippen molar-refractivity contribution < 1.29 is 9.59 Å². The fraction of sp³-hybridized carbons (Fsp3) is 0.200. The van der Waals surface area contributed by atoms with Crippen molar-refractivity contribution in [2.75, 3.05) is 5.32 Å². The fourth-order valence-corrected chi connectivity index (χ4v) is 3.10. The lowest BCUT2D eigenvalue weighted by Gasteiger charge is -2.08. The summed E-state index contributed by atoms with van der Waals surface area (Å²) in [6.07, 6.45) is 0. The number of benzene rings is 1. The average Bonchev–Trinajstić information content (AvgIpc) is 2.29. The lowest BCUT2D eigenvalue weighted by Crippen LogP contribution is -2.38. The number of carbonyl (C=O) groups is 2. The average molecular weight is 395 g/mol. The molecular formula is C10H8BrIN2O2. The van der Waals surface area contributed by atoms with Gasteiger partial charge in [-0.1, -0.05) is 15.9 Å². The Kier molecular flexibility index (Phi) is 3.20. The van der Waals surface area contributed by atoms with Crippen LogP contribution in [-0.2, 0) is 4.79 Å². The van der Waals surface area contributed by atoms with Crippen molar-refractivity contribution in [3.8, 4) is 0 Å². The van der Waals surface area contributed by atoms with Gasteiger partial charge in [-0.15, -0.1) is 0 Å². The maximum Gasteiger partial charge on any atom is 0.254 e. The van der Waals surface area contributed by atoms with E-state index < -0.39 is 6.04 Å². The van der Waals surface area contributed by atoms with Gasteiger partial charge in [0.25, 0.3) is 5.91 Å². The van der Waals surface area contributed by atoms with Gasteiger partial charge < -0.3 is 10.6 Å². The van der Waals surface area contributed by atoms with Crippen LogP contribution in [0, 0.1) is 3.57 Å². The molecule has 1 aromatic rings. The summed E-state index contributed by atoms with van der Waals surface area (Å²) in [5, 5.41) is 5.37. The summed E-state index contributed by atoms with van der Waals surface area (Å²) >= 11 is 5.42. The molecule has 84 valence electrons. The van der Waals surface area contributed by atoms with E-state index in [1.54, 1.807) is 13.0 Å². The summed E-state index contributed by atoms with van der Waals surface area (Å²) in [5.41, 5.74) is 1.06. The van der Waals surface area contributed by atoms with Gasteiger partial charge in [-0.05, 0) is 41.6 Å². The first-order chi connectivity index (χ1) is 7.49. The van der Waals surface area contributed by atoms with Gasteiger partial charge >= 0.3 is 0 Å². The highest BCUT2D eigenvalue weighted by Gasteiger charge is 2.26. The fourth-order valence-electron chi connectivity index (χ4n) is 1.45. The lowest BCUT2D eigenvalue weighted by atomic mass is 10.1. The molecule has 2 N–H and O–H groups in total. The van der Waals surface area contributed by atoms with Gasteiger partial charge in [-0.3, -0.25) is 9.59 Å². The molecular weight excluding hydrogens is 387 g/mol. The Balaban J connectivity index is 2.60. The van der Waals surface area contributed by atoms with Crippen LogP contribution in [0.2, 0.25) is 0 Å². The van der Waals surface area contributed by atoms with E-state index in [0.717, 1.165) is 8.04 Å². The number of amides is 2. The molecule has 1 aliphatic rings. The minimum atomic E-state index is -0.519. The van der Waals surface area contributed by atoms with Crippen LogP contribution in [0.15, 0.2) is 16.6 Å². The molecule has 2 rings (SSSR count). The van der Waals surface area contributed by atoms with E-state index in [9.17, 15) is 9.59 Å². The van der Waals surface area contributed by atoms with E-state index in [4.69, 9.17) is 0 Å². The first-order valence-corrected chi connectivity index (χ1v) is 6.47. The minimum absolute atomic E-state index is 0.202. The first kappa shape index (κ1) is 11.8. The number of halogens is 2. The Hall–Kier alpha value is -0.630. The van der Waals surface area contributed by atoms with Gasteiger partial charge in [-0.2, -0.15) is 0 Å². The molecule has 1 aromatic carbocycles. The number of fused-ring (bicyclic) bond motifs is 1. The van der Waals surface area contributed by atoms with Gasteiger partial charge in [0.1, 0.15) is 6.04 Å². The summed E-state index contributed by atoms with van der Waals surface area (Å²) in [7, 11) is 0. The van der Waals surface area contributed by atoms with Gasteiger partial charge in [0, 0.05) is 8.04 Å². The number of carbonyl (C=O) groups excluding carboxylic acids is 2. The molecule has 1 aliphatic heterocycles.